The van der Waals surface area contributed by atoms with Gasteiger partial charge in [0.15, 0.2) is 11.5 Å². The van der Waals surface area contributed by atoms with E-state index in [4.69, 9.17) is 9.47 Å². The molecule has 0 spiro atoms. The summed E-state index contributed by atoms with van der Waals surface area (Å²) in [5, 5.41) is 4.22. The number of para-hydroxylation sites is 1. The van der Waals surface area contributed by atoms with Gasteiger partial charge in [-0.2, -0.15) is 0 Å². The molecule has 5 heteroatoms. The number of amides is 1. The minimum absolute atomic E-state index is 0.0531. The van der Waals surface area contributed by atoms with Gasteiger partial charge in [-0.15, -0.1) is 0 Å². The Bertz CT molecular complexity index is 963. The van der Waals surface area contributed by atoms with Gasteiger partial charge < -0.3 is 19.8 Å². The van der Waals surface area contributed by atoms with Gasteiger partial charge in [0.2, 0.25) is 12.7 Å². The first-order chi connectivity index (χ1) is 13.2. The number of rotatable bonds is 6. The van der Waals surface area contributed by atoms with Crippen molar-refractivity contribution in [3.8, 4) is 11.5 Å². The molecule has 1 aliphatic rings. The summed E-state index contributed by atoms with van der Waals surface area (Å²) in [6, 6.07) is 14.3. The highest BCUT2D eigenvalue weighted by atomic mass is 16.7. The maximum absolute atomic E-state index is 12.7. The van der Waals surface area contributed by atoms with Crippen molar-refractivity contribution in [3.05, 3.63) is 59.8 Å². The molecule has 2 atom stereocenters. The maximum atomic E-state index is 12.7. The largest absolute Gasteiger partial charge is 0.454 e. The number of aromatic nitrogens is 1. The van der Waals surface area contributed by atoms with Crippen molar-refractivity contribution in [1.82, 2.24) is 10.3 Å². The maximum Gasteiger partial charge on any atom is 0.231 e. The van der Waals surface area contributed by atoms with Gasteiger partial charge in [0.25, 0.3) is 0 Å². The molecule has 140 valence electrons. The number of carbonyl (C=O) groups is 1. The molecule has 0 saturated heterocycles. The molecule has 1 amide bonds. The zero-order valence-corrected chi connectivity index (χ0v) is 15.6. The first kappa shape index (κ1) is 17.5. The Balaban J connectivity index is 1.72. The van der Waals surface area contributed by atoms with E-state index in [9.17, 15) is 4.79 Å². The molecule has 4 rings (SSSR count). The fraction of sp³-hybridized carbons (Fsp3) is 0.318. The van der Waals surface area contributed by atoms with Crippen molar-refractivity contribution >= 4 is 16.8 Å². The van der Waals surface area contributed by atoms with Crippen LogP contribution in [0.2, 0.25) is 0 Å². The van der Waals surface area contributed by atoms with Gasteiger partial charge in [-0.1, -0.05) is 31.2 Å². The monoisotopic (exact) mass is 364 g/mol. The summed E-state index contributed by atoms with van der Waals surface area (Å²) in [5.41, 5.74) is 3.23. The predicted octanol–water partition coefficient (Wildman–Crippen LogP) is 4.33. The molecule has 1 aliphatic heterocycles. The van der Waals surface area contributed by atoms with Crippen LogP contribution in [0.15, 0.2) is 48.7 Å². The molecule has 2 aromatic carbocycles. The van der Waals surface area contributed by atoms with Crippen molar-refractivity contribution in [2.75, 3.05) is 6.79 Å². The van der Waals surface area contributed by atoms with Crippen LogP contribution < -0.4 is 14.8 Å². The van der Waals surface area contributed by atoms with Crippen molar-refractivity contribution in [2.45, 2.75) is 38.6 Å². The number of benzene rings is 2. The number of fused-ring (bicyclic) bond motifs is 2. The third kappa shape index (κ3) is 3.50. The molecule has 0 fully saturated rings. The standard InChI is InChI=1S/C22H24N2O3/c1-3-14(2)24-22(25)11-17(15-8-9-20-21(10-15)27-13-26-20)18-12-23-19-7-5-4-6-16(18)19/h4-10,12,14,17,23H,3,11,13H2,1-2H3,(H,24,25)/t14-,17+/m1/s1. The molecule has 2 heterocycles. The van der Waals surface area contributed by atoms with E-state index in [1.165, 1.54) is 0 Å². The van der Waals surface area contributed by atoms with E-state index in [0.717, 1.165) is 39.9 Å². The lowest BCUT2D eigenvalue weighted by atomic mass is 9.87. The van der Waals surface area contributed by atoms with Gasteiger partial charge in [-0.25, -0.2) is 0 Å². The second kappa shape index (κ2) is 7.35. The van der Waals surface area contributed by atoms with Crippen molar-refractivity contribution in [2.24, 2.45) is 0 Å². The Labute approximate surface area is 158 Å². The second-order valence-corrected chi connectivity index (χ2v) is 7.04. The van der Waals surface area contributed by atoms with Gasteiger partial charge in [-0.05, 0) is 42.7 Å². The first-order valence-corrected chi connectivity index (χ1v) is 9.40. The van der Waals surface area contributed by atoms with Gasteiger partial charge in [-0.3, -0.25) is 4.79 Å². The van der Waals surface area contributed by atoms with Crippen LogP contribution in [-0.2, 0) is 4.79 Å². The summed E-state index contributed by atoms with van der Waals surface area (Å²) in [7, 11) is 0. The van der Waals surface area contributed by atoms with E-state index in [2.05, 4.69) is 29.4 Å². The minimum Gasteiger partial charge on any atom is -0.454 e. The van der Waals surface area contributed by atoms with E-state index in [1.54, 1.807) is 0 Å². The van der Waals surface area contributed by atoms with Crippen molar-refractivity contribution in [1.29, 1.82) is 0 Å². The number of H-pyrrole nitrogens is 1. The Kier molecular flexibility index (Phi) is 4.75. The van der Waals surface area contributed by atoms with E-state index in [1.807, 2.05) is 43.5 Å². The Hall–Kier alpha value is -2.95. The third-order valence-corrected chi connectivity index (χ3v) is 5.20. The Morgan fingerprint density at radius 3 is 2.85 bits per heavy atom. The van der Waals surface area contributed by atoms with Crippen LogP contribution in [0.4, 0.5) is 0 Å². The minimum atomic E-state index is -0.0697. The number of carbonyl (C=O) groups excluding carboxylic acids is 1. The van der Waals surface area contributed by atoms with E-state index < -0.39 is 0 Å². The van der Waals surface area contributed by atoms with Gasteiger partial charge in [0.1, 0.15) is 0 Å². The highest BCUT2D eigenvalue weighted by Crippen LogP contribution is 2.39. The van der Waals surface area contributed by atoms with Crippen molar-refractivity contribution < 1.29 is 14.3 Å². The highest BCUT2D eigenvalue weighted by molar-refractivity contribution is 5.86. The molecule has 5 nitrogen and oxygen atoms in total. The smallest absolute Gasteiger partial charge is 0.231 e. The fourth-order valence-electron chi connectivity index (χ4n) is 3.54. The van der Waals surface area contributed by atoms with E-state index in [0.29, 0.717) is 6.42 Å². The molecule has 0 unspecified atom stereocenters. The van der Waals surface area contributed by atoms with Crippen LogP contribution in [0.1, 0.15) is 43.7 Å². The normalized spacial score (nSPS) is 14.9. The number of ether oxygens (including phenoxy) is 2. The molecule has 0 aliphatic carbocycles. The number of hydrogen-bond donors (Lipinski definition) is 2. The zero-order valence-electron chi connectivity index (χ0n) is 15.6. The molecule has 1 aromatic heterocycles. The molecular formula is C22H24N2O3. The topological polar surface area (TPSA) is 63.4 Å². The summed E-state index contributed by atoms with van der Waals surface area (Å²) in [4.78, 5) is 16.0. The van der Waals surface area contributed by atoms with Crippen LogP contribution in [-0.4, -0.2) is 23.7 Å². The summed E-state index contributed by atoms with van der Waals surface area (Å²) in [6.07, 6.45) is 3.30. The number of nitrogens with one attached hydrogen (secondary N) is 2. The highest BCUT2D eigenvalue weighted by Gasteiger charge is 2.24. The SMILES string of the molecule is CC[C@@H](C)NC(=O)C[C@@H](c1ccc2c(c1)OCO2)c1c[nH]c2ccccc12. The molecule has 0 bridgehead atoms. The number of aromatic amines is 1. The van der Waals surface area contributed by atoms with Gasteiger partial charge >= 0.3 is 0 Å². The molecule has 2 N–H and O–H groups in total. The molecule has 27 heavy (non-hydrogen) atoms. The lowest BCUT2D eigenvalue weighted by Gasteiger charge is -2.19. The second-order valence-electron chi connectivity index (χ2n) is 7.04. The molecule has 0 saturated carbocycles. The first-order valence-electron chi connectivity index (χ1n) is 9.40. The molecule has 0 radical (unpaired) electrons. The summed E-state index contributed by atoms with van der Waals surface area (Å²) >= 11 is 0. The summed E-state index contributed by atoms with van der Waals surface area (Å²) < 4.78 is 11.0. The molecular weight excluding hydrogens is 340 g/mol. The fourth-order valence-corrected chi connectivity index (χ4v) is 3.54. The summed E-state index contributed by atoms with van der Waals surface area (Å²) in [6.45, 7) is 4.34. The molecule has 3 aromatic rings. The van der Waals surface area contributed by atoms with Crippen LogP contribution >= 0.6 is 0 Å². The average molecular weight is 364 g/mol. The lowest BCUT2D eigenvalue weighted by molar-refractivity contribution is -0.121. The van der Waals surface area contributed by atoms with Gasteiger partial charge in [0.05, 0.1) is 0 Å². The van der Waals surface area contributed by atoms with Crippen LogP contribution in [0.5, 0.6) is 11.5 Å². The number of hydrogen-bond acceptors (Lipinski definition) is 3. The predicted molar refractivity (Wildman–Crippen MR) is 105 cm³/mol. The quantitative estimate of drug-likeness (QED) is 0.684. The van der Waals surface area contributed by atoms with Crippen molar-refractivity contribution in [3.63, 3.8) is 0 Å². The van der Waals surface area contributed by atoms with Crippen LogP contribution in [0.3, 0.4) is 0 Å². The van der Waals surface area contributed by atoms with Crippen LogP contribution in [0.25, 0.3) is 10.9 Å². The van der Waals surface area contributed by atoms with E-state index in [-0.39, 0.29) is 24.7 Å². The summed E-state index contributed by atoms with van der Waals surface area (Å²) in [5.74, 6) is 1.47. The average Bonchev–Trinajstić information content (AvgIpc) is 3.32. The van der Waals surface area contributed by atoms with Crippen LogP contribution in [0, 0.1) is 0 Å². The Morgan fingerprint density at radius 2 is 2.00 bits per heavy atom. The lowest BCUT2D eigenvalue weighted by Crippen LogP contribution is -2.33. The van der Waals surface area contributed by atoms with Gasteiger partial charge in [0, 0.05) is 35.5 Å². The third-order valence-electron chi connectivity index (χ3n) is 5.20. The van der Waals surface area contributed by atoms with E-state index >= 15 is 0 Å². The zero-order chi connectivity index (χ0) is 18.8. The Morgan fingerprint density at radius 1 is 1.19 bits per heavy atom.